The van der Waals surface area contributed by atoms with Crippen LogP contribution < -0.4 is 4.74 Å². The van der Waals surface area contributed by atoms with Crippen LogP contribution in [0, 0.1) is 17.6 Å². The van der Waals surface area contributed by atoms with Gasteiger partial charge in [-0.05, 0) is 30.9 Å². The summed E-state index contributed by atoms with van der Waals surface area (Å²) in [6, 6.07) is 2.52. The second-order valence-electron chi connectivity index (χ2n) is 4.07. The van der Waals surface area contributed by atoms with Gasteiger partial charge in [0.15, 0.2) is 11.6 Å². The lowest BCUT2D eigenvalue weighted by Gasteiger charge is -2.22. The molecule has 1 aromatic rings. The van der Waals surface area contributed by atoms with Crippen LogP contribution in [-0.2, 0) is 4.74 Å². The SMILES string of the molecule is Fc1cc(Br)cc(OCC2CCOCC2)c1F. The quantitative estimate of drug-likeness (QED) is 0.795. The van der Waals surface area contributed by atoms with E-state index in [1.807, 2.05) is 0 Å². The fourth-order valence-electron chi connectivity index (χ4n) is 1.76. The number of hydrogen-bond donors (Lipinski definition) is 0. The van der Waals surface area contributed by atoms with Gasteiger partial charge in [0.25, 0.3) is 0 Å². The molecule has 0 saturated carbocycles. The first-order chi connectivity index (χ1) is 8.16. The monoisotopic (exact) mass is 306 g/mol. The molecule has 0 unspecified atom stereocenters. The molecule has 0 bridgehead atoms. The second kappa shape index (κ2) is 5.78. The largest absolute Gasteiger partial charge is 0.490 e. The third kappa shape index (κ3) is 3.39. The molecule has 2 nitrogen and oxygen atoms in total. The van der Waals surface area contributed by atoms with Gasteiger partial charge in [-0.3, -0.25) is 0 Å². The Morgan fingerprint density at radius 2 is 2.00 bits per heavy atom. The van der Waals surface area contributed by atoms with E-state index in [0.29, 0.717) is 30.2 Å². The first-order valence-electron chi connectivity index (χ1n) is 5.52. The fraction of sp³-hybridized carbons (Fsp3) is 0.500. The third-order valence-electron chi connectivity index (χ3n) is 2.78. The first-order valence-corrected chi connectivity index (χ1v) is 6.31. The van der Waals surface area contributed by atoms with Gasteiger partial charge in [0, 0.05) is 17.7 Å². The maximum Gasteiger partial charge on any atom is 0.200 e. The highest BCUT2D eigenvalue weighted by atomic mass is 79.9. The number of hydrogen-bond acceptors (Lipinski definition) is 2. The standard InChI is InChI=1S/C12H13BrF2O2/c13-9-5-10(14)12(15)11(6-9)17-7-8-1-3-16-4-2-8/h5-6,8H,1-4,7H2. The molecule has 1 aliphatic heterocycles. The van der Waals surface area contributed by atoms with Crippen LogP contribution in [0.2, 0.25) is 0 Å². The lowest BCUT2D eigenvalue weighted by atomic mass is 10.0. The molecule has 0 radical (unpaired) electrons. The normalized spacial score (nSPS) is 17.1. The Morgan fingerprint density at radius 1 is 1.29 bits per heavy atom. The Morgan fingerprint density at radius 3 is 2.71 bits per heavy atom. The van der Waals surface area contributed by atoms with Gasteiger partial charge in [-0.2, -0.15) is 4.39 Å². The van der Waals surface area contributed by atoms with E-state index in [1.54, 1.807) is 0 Å². The van der Waals surface area contributed by atoms with Crippen molar-refractivity contribution in [3.05, 3.63) is 28.2 Å². The van der Waals surface area contributed by atoms with Gasteiger partial charge in [-0.1, -0.05) is 15.9 Å². The van der Waals surface area contributed by atoms with Crippen LogP contribution in [0.5, 0.6) is 5.75 Å². The highest BCUT2D eigenvalue weighted by molar-refractivity contribution is 9.10. The lowest BCUT2D eigenvalue weighted by Crippen LogP contribution is -2.21. The number of halogens is 3. The molecule has 0 aliphatic carbocycles. The van der Waals surface area contributed by atoms with Crippen LogP contribution in [0.1, 0.15) is 12.8 Å². The molecule has 94 valence electrons. The van der Waals surface area contributed by atoms with Gasteiger partial charge < -0.3 is 9.47 Å². The van der Waals surface area contributed by atoms with Gasteiger partial charge >= 0.3 is 0 Å². The van der Waals surface area contributed by atoms with Crippen molar-refractivity contribution in [1.29, 1.82) is 0 Å². The molecule has 1 fully saturated rings. The number of rotatable bonds is 3. The van der Waals surface area contributed by atoms with E-state index in [2.05, 4.69) is 15.9 Å². The zero-order valence-electron chi connectivity index (χ0n) is 9.22. The van der Waals surface area contributed by atoms with E-state index in [1.165, 1.54) is 6.07 Å². The summed E-state index contributed by atoms with van der Waals surface area (Å²) >= 11 is 3.11. The second-order valence-corrected chi connectivity index (χ2v) is 4.98. The molecule has 0 atom stereocenters. The van der Waals surface area contributed by atoms with Crippen LogP contribution >= 0.6 is 15.9 Å². The third-order valence-corrected chi connectivity index (χ3v) is 3.23. The Hall–Kier alpha value is -0.680. The van der Waals surface area contributed by atoms with Gasteiger partial charge in [0.05, 0.1) is 6.61 Å². The lowest BCUT2D eigenvalue weighted by molar-refractivity contribution is 0.0490. The maximum atomic E-state index is 13.4. The number of ether oxygens (including phenoxy) is 2. The Bertz CT molecular complexity index is 392. The molecule has 1 aliphatic rings. The zero-order chi connectivity index (χ0) is 12.3. The van der Waals surface area contributed by atoms with Crippen molar-refractivity contribution < 1.29 is 18.3 Å². The molecule has 0 N–H and O–H groups in total. The molecule has 1 aromatic carbocycles. The van der Waals surface area contributed by atoms with E-state index < -0.39 is 11.6 Å². The summed E-state index contributed by atoms with van der Waals surface area (Å²) in [4.78, 5) is 0. The molecular formula is C12H13BrF2O2. The molecule has 17 heavy (non-hydrogen) atoms. The van der Waals surface area contributed by atoms with E-state index in [-0.39, 0.29) is 5.75 Å². The van der Waals surface area contributed by atoms with E-state index in [0.717, 1.165) is 18.9 Å². The van der Waals surface area contributed by atoms with Crippen LogP contribution in [-0.4, -0.2) is 19.8 Å². The summed E-state index contributed by atoms with van der Waals surface area (Å²) in [6.07, 6.45) is 1.80. The van der Waals surface area contributed by atoms with Gasteiger partial charge in [0.2, 0.25) is 5.82 Å². The Kier molecular flexibility index (Phi) is 4.34. The summed E-state index contributed by atoms with van der Waals surface area (Å²) in [6.45, 7) is 1.82. The van der Waals surface area contributed by atoms with Gasteiger partial charge in [0.1, 0.15) is 0 Å². The van der Waals surface area contributed by atoms with E-state index >= 15 is 0 Å². The minimum atomic E-state index is -0.930. The topological polar surface area (TPSA) is 18.5 Å². The van der Waals surface area contributed by atoms with Gasteiger partial charge in [-0.15, -0.1) is 0 Å². The summed E-state index contributed by atoms with van der Waals surface area (Å²) in [7, 11) is 0. The summed E-state index contributed by atoms with van der Waals surface area (Å²) in [5, 5.41) is 0. The van der Waals surface area contributed by atoms with Crippen molar-refractivity contribution in [3.63, 3.8) is 0 Å². The average Bonchev–Trinajstić information content (AvgIpc) is 2.33. The van der Waals surface area contributed by atoms with E-state index in [9.17, 15) is 8.78 Å². The smallest absolute Gasteiger partial charge is 0.200 e. The van der Waals surface area contributed by atoms with Gasteiger partial charge in [-0.25, -0.2) is 4.39 Å². The van der Waals surface area contributed by atoms with Crippen molar-refractivity contribution in [2.24, 2.45) is 5.92 Å². The fourth-order valence-corrected chi connectivity index (χ4v) is 2.17. The summed E-state index contributed by atoms with van der Waals surface area (Å²) in [5.41, 5.74) is 0. The minimum Gasteiger partial charge on any atom is -0.490 e. The highest BCUT2D eigenvalue weighted by Crippen LogP contribution is 2.26. The predicted molar refractivity (Wildman–Crippen MR) is 63.1 cm³/mol. The predicted octanol–water partition coefficient (Wildman–Crippen LogP) is 3.53. The van der Waals surface area contributed by atoms with Crippen LogP contribution in [0.4, 0.5) is 8.78 Å². The van der Waals surface area contributed by atoms with Crippen molar-refractivity contribution in [3.8, 4) is 5.75 Å². The van der Waals surface area contributed by atoms with Crippen molar-refractivity contribution in [1.82, 2.24) is 0 Å². The molecule has 1 heterocycles. The molecule has 1 saturated heterocycles. The van der Waals surface area contributed by atoms with E-state index in [4.69, 9.17) is 9.47 Å². The molecule has 0 aromatic heterocycles. The average molecular weight is 307 g/mol. The van der Waals surface area contributed by atoms with Crippen molar-refractivity contribution in [2.75, 3.05) is 19.8 Å². The summed E-state index contributed by atoms with van der Waals surface area (Å²) < 4.78 is 37.5. The minimum absolute atomic E-state index is 0.0385. The van der Waals surface area contributed by atoms with Crippen LogP contribution in [0.25, 0.3) is 0 Å². The highest BCUT2D eigenvalue weighted by Gasteiger charge is 2.17. The summed E-state index contributed by atoms with van der Waals surface area (Å²) in [5.74, 6) is -1.52. The molecule has 5 heteroatoms. The molecular weight excluding hydrogens is 294 g/mol. The molecule has 2 rings (SSSR count). The molecule has 0 spiro atoms. The van der Waals surface area contributed by atoms with Crippen LogP contribution in [0.15, 0.2) is 16.6 Å². The Balaban J connectivity index is 1.98. The first kappa shape index (κ1) is 12.8. The molecule has 0 amide bonds. The zero-order valence-corrected chi connectivity index (χ0v) is 10.8. The number of benzene rings is 1. The Labute approximate surface area is 107 Å². The maximum absolute atomic E-state index is 13.4. The van der Waals surface area contributed by atoms with Crippen molar-refractivity contribution in [2.45, 2.75) is 12.8 Å². The van der Waals surface area contributed by atoms with Crippen molar-refractivity contribution >= 4 is 15.9 Å². The van der Waals surface area contributed by atoms with Crippen LogP contribution in [0.3, 0.4) is 0 Å².